The monoisotopic (exact) mass is 357 g/mol. The zero-order valence-electron chi connectivity index (χ0n) is 14.3. The molecule has 0 aliphatic carbocycles. The van der Waals surface area contributed by atoms with E-state index in [4.69, 9.17) is 9.15 Å². The molecule has 130 valence electrons. The van der Waals surface area contributed by atoms with Crippen molar-refractivity contribution in [3.05, 3.63) is 63.8 Å². The van der Waals surface area contributed by atoms with Crippen LogP contribution in [0.25, 0.3) is 0 Å². The van der Waals surface area contributed by atoms with E-state index in [0.29, 0.717) is 5.89 Å². The van der Waals surface area contributed by atoms with Crippen molar-refractivity contribution in [2.45, 2.75) is 33.4 Å². The van der Waals surface area contributed by atoms with Crippen LogP contribution in [0.2, 0.25) is 0 Å². The number of nitrogens with one attached hydrogen (secondary N) is 1. The molecule has 0 saturated carbocycles. The lowest BCUT2D eigenvalue weighted by Gasteiger charge is -2.11. The van der Waals surface area contributed by atoms with E-state index in [1.165, 1.54) is 6.26 Å². The van der Waals surface area contributed by atoms with Crippen LogP contribution in [-0.2, 0) is 6.61 Å². The quantitative estimate of drug-likeness (QED) is 0.726. The topological polar surface area (TPSA) is 77.2 Å². The summed E-state index contributed by atoms with van der Waals surface area (Å²) in [5.74, 6) is 0.768. The Hall–Kier alpha value is -2.67. The molecule has 3 rings (SSSR count). The molecule has 1 amide bonds. The molecule has 1 N–H and O–H groups in total. The second-order valence-corrected chi connectivity index (χ2v) is 7.00. The van der Waals surface area contributed by atoms with E-state index in [-0.39, 0.29) is 24.2 Å². The van der Waals surface area contributed by atoms with Crippen LogP contribution in [0, 0.1) is 13.8 Å². The van der Waals surface area contributed by atoms with Crippen molar-refractivity contribution < 1.29 is 13.9 Å². The van der Waals surface area contributed by atoms with Crippen LogP contribution in [0.5, 0.6) is 5.75 Å². The molecule has 0 fully saturated rings. The van der Waals surface area contributed by atoms with Gasteiger partial charge in [-0.25, -0.2) is 9.97 Å². The summed E-state index contributed by atoms with van der Waals surface area (Å²) in [4.78, 5) is 22.1. The number of ether oxygens (including phenoxy) is 1. The van der Waals surface area contributed by atoms with Gasteiger partial charge in [-0.1, -0.05) is 18.2 Å². The predicted molar refractivity (Wildman–Crippen MR) is 94.7 cm³/mol. The average Bonchev–Trinajstić information content (AvgIpc) is 3.20. The van der Waals surface area contributed by atoms with E-state index < -0.39 is 0 Å². The van der Waals surface area contributed by atoms with Gasteiger partial charge in [-0.2, -0.15) is 0 Å². The Kier molecular flexibility index (Phi) is 5.14. The van der Waals surface area contributed by atoms with Crippen molar-refractivity contribution in [2.24, 2.45) is 0 Å². The third-order valence-electron chi connectivity index (χ3n) is 3.59. The van der Waals surface area contributed by atoms with Crippen molar-refractivity contribution in [2.75, 3.05) is 0 Å². The van der Waals surface area contributed by atoms with Crippen LogP contribution in [-0.4, -0.2) is 15.9 Å². The number of hydrogen-bond acceptors (Lipinski definition) is 6. The number of carbonyl (C=O) groups is 1. The Morgan fingerprint density at radius 1 is 1.28 bits per heavy atom. The van der Waals surface area contributed by atoms with Gasteiger partial charge in [0.05, 0.1) is 16.7 Å². The van der Waals surface area contributed by atoms with Crippen molar-refractivity contribution in [1.82, 2.24) is 15.3 Å². The highest BCUT2D eigenvalue weighted by Gasteiger charge is 2.19. The lowest BCUT2D eigenvalue weighted by Crippen LogP contribution is -2.27. The molecule has 0 aliphatic heterocycles. The number of para-hydroxylation sites is 1. The maximum absolute atomic E-state index is 12.3. The second kappa shape index (κ2) is 7.48. The number of aromatic nitrogens is 2. The van der Waals surface area contributed by atoms with E-state index in [1.54, 1.807) is 11.3 Å². The number of thiazole rings is 1. The molecular weight excluding hydrogens is 338 g/mol. The maximum atomic E-state index is 12.3. The Morgan fingerprint density at radius 3 is 2.72 bits per heavy atom. The molecular formula is C18H19N3O3S. The van der Waals surface area contributed by atoms with Crippen LogP contribution >= 0.6 is 11.3 Å². The molecule has 0 unspecified atom stereocenters. The highest BCUT2D eigenvalue weighted by Crippen LogP contribution is 2.22. The molecule has 7 heteroatoms. The van der Waals surface area contributed by atoms with Gasteiger partial charge in [-0.05, 0) is 32.9 Å². The minimum Gasteiger partial charge on any atom is -0.484 e. The lowest BCUT2D eigenvalue weighted by atomic mass is 10.2. The van der Waals surface area contributed by atoms with Crippen LogP contribution in [0.4, 0.5) is 0 Å². The van der Waals surface area contributed by atoms with Crippen LogP contribution in [0.15, 0.2) is 41.0 Å². The third-order valence-corrected chi connectivity index (χ3v) is 4.49. The van der Waals surface area contributed by atoms with Gasteiger partial charge in [0.15, 0.2) is 12.3 Å². The molecule has 25 heavy (non-hydrogen) atoms. The van der Waals surface area contributed by atoms with Gasteiger partial charge >= 0.3 is 0 Å². The SMILES string of the molecule is Cc1nc([C@@H](C)NC(=O)c2coc(COc3ccccc3)n2)c(C)s1. The zero-order valence-corrected chi connectivity index (χ0v) is 15.1. The summed E-state index contributed by atoms with van der Waals surface area (Å²) in [5, 5.41) is 3.88. The summed E-state index contributed by atoms with van der Waals surface area (Å²) in [5.41, 5.74) is 1.11. The smallest absolute Gasteiger partial charge is 0.273 e. The van der Waals surface area contributed by atoms with Gasteiger partial charge in [0.1, 0.15) is 12.0 Å². The van der Waals surface area contributed by atoms with Crippen molar-refractivity contribution in [1.29, 1.82) is 0 Å². The van der Waals surface area contributed by atoms with Crippen molar-refractivity contribution in [3.63, 3.8) is 0 Å². The average molecular weight is 357 g/mol. The van der Waals surface area contributed by atoms with Crippen molar-refractivity contribution in [3.8, 4) is 5.75 Å². The molecule has 2 heterocycles. The number of carbonyl (C=O) groups excluding carboxylic acids is 1. The lowest BCUT2D eigenvalue weighted by molar-refractivity contribution is 0.0934. The fourth-order valence-corrected chi connectivity index (χ4v) is 3.34. The molecule has 0 radical (unpaired) electrons. The molecule has 6 nitrogen and oxygen atoms in total. The fourth-order valence-electron chi connectivity index (χ4n) is 2.43. The standard InChI is InChI=1S/C18H19N3O3S/c1-11(17-12(2)25-13(3)20-17)19-18(22)15-9-24-16(21-15)10-23-14-7-5-4-6-8-14/h4-9,11H,10H2,1-3H3,(H,19,22)/t11-/m1/s1. The molecule has 3 aromatic rings. The molecule has 1 aromatic carbocycles. The largest absolute Gasteiger partial charge is 0.484 e. The highest BCUT2D eigenvalue weighted by atomic mass is 32.1. The maximum Gasteiger partial charge on any atom is 0.273 e. The van der Waals surface area contributed by atoms with Gasteiger partial charge < -0.3 is 14.5 Å². The number of benzene rings is 1. The van der Waals surface area contributed by atoms with Gasteiger partial charge in [0.25, 0.3) is 5.91 Å². The number of aryl methyl sites for hydroxylation is 2. The number of amides is 1. The number of nitrogens with zero attached hydrogens (tertiary/aromatic N) is 2. The summed E-state index contributed by atoms with van der Waals surface area (Å²) in [6, 6.07) is 9.17. The van der Waals surface area contributed by atoms with E-state index in [1.807, 2.05) is 51.1 Å². The normalized spacial score (nSPS) is 12.0. The fraction of sp³-hybridized carbons (Fsp3) is 0.278. The first-order valence-corrected chi connectivity index (χ1v) is 8.71. The molecule has 1 atom stereocenters. The first kappa shape index (κ1) is 17.2. The Morgan fingerprint density at radius 2 is 2.04 bits per heavy atom. The Balaban J connectivity index is 1.59. The molecule has 2 aromatic heterocycles. The Bertz CT molecular complexity index is 858. The third kappa shape index (κ3) is 4.24. The number of rotatable bonds is 6. The summed E-state index contributed by atoms with van der Waals surface area (Å²) >= 11 is 1.62. The van der Waals surface area contributed by atoms with Crippen molar-refractivity contribution >= 4 is 17.2 Å². The van der Waals surface area contributed by atoms with Crippen LogP contribution in [0.1, 0.15) is 44.9 Å². The summed E-state index contributed by atoms with van der Waals surface area (Å²) in [6.45, 7) is 6.01. The van der Waals surface area contributed by atoms with Crippen LogP contribution in [0.3, 0.4) is 0 Å². The summed E-state index contributed by atoms with van der Waals surface area (Å²) < 4.78 is 10.9. The number of hydrogen-bond donors (Lipinski definition) is 1. The van der Waals surface area contributed by atoms with Gasteiger partial charge in [-0.15, -0.1) is 11.3 Å². The van der Waals surface area contributed by atoms with E-state index in [2.05, 4.69) is 15.3 Å². The second-order valence-electron chi connectivity index (χ2n) is 5.60. The molecule has 0 bridgehead atoms. The van der Waals surface area contributed by atoms with E-state index in [0.717, 1.165) is 21.3 Å². The molecule has 0 spiro atoms. The Labute approximate surface area is 149 Å². The van der Waals surface area contributed by atoms with Gasteiger partial charge in [0, 0.05) is 4.88 Å². The van der Waals surface area contributed by atoms with Gasteiger partial charge in [-0.3, -0.25) is 4.79 Å². The van der Waals surface area contributed by atoms with E-state index in [9.17, 15) is 4.79 Å². The first-order chi connectivity index (χ1) is 12.0. The predicted octanol–water partition coefficient (Wildman–Crippen LogP) is 3.82. The minimum absolute atomic E-state index is 0.164. The van der Waals surface area contributed by atoms with Gasteiger partial charge in [0.2, 0.25) is 5.89 Å². The molecule has 0 aliphatic rings. The number of oxazole rings is 1. The van der Waals surface area contributed by atoms with E-state index >= 15 is 0 Å². The van der Waals surface area contributed by atoms with Crippen LogP contribution < -0.4 is 10.1 Å². The first-order valence-electron chi connectivity index (χ1n) is 7.90. The highest BCUT2D eigenvalue weighted by molar-refractivity contribution is 7.11. The minimum atomic E-state index is -0.299. The summed E-state index contributed by atoms with van der Waals surface area (Å²) in [6.07, 6.45) is 1.34. The molecule has 0 saturated heterocycles. The zero-order chi connectivity index (χ0) is 17.8. The summed E-state index contributed by atoms with van der Waals surface area (Å²) in [7, 11) is 0.